The van der Waals surface area contributed by atoms with Gasteiger partial charge in [0.05, 0.1) is 24.9 Å². The Morgan fingerprint density at radius 1 is 1.03 bits per heavy atom. The fourth-order valence-electron chi connectivity index (χ4n) is 5.02. The maximum absolute atomic E-state index is 14.0. The molecule has 4 amide bonds. The van der Waals surface area contributed by atoms with Gasteiger partial charge in [0.15, 0.2) is 16.9 Å². The van der Waals surface area contributed by atoms with Gasteiger partial charge >= 0.3 is 6.03 Å². The quantitative estimate of drug-likeness (QED) is 0.696. The summed E-state index contributed by atoms with van der Waals surface area (Å²) in [4.78, 5) is 43.2. The van der Waals surface area contributed by atoms with E-state index in [2.05, 4.69) is 10.2 Å². The number of hydrogen-bond donors (Lipinski definition) is 1. The van der Waals surface area contributed by atoms with Crippen LogP contribution in [0.1, 0.15) is 5.56 Å². The Hall–Kier alpha value is -3.59. The number of benzene rings is 2. The molecule has 0 bridgehead atoms. The van der Waals surface area contributed by atoms with Crippen molar-refractivity contribution in [2.45, 2.75) is 12.5 Å². The highest BCUT2D eigenvalue weighted by atomic mass is 16.7. The first-order chi connectivity index (χ1) is 15.1. The number of barbiturate groups is 1. The van der Waals surface area contributed by atoms with Crippen LogP contribution in [-0.2, 0) is 20.7 Å². The molecule has 4 aliphatic rings. The molecule has 2 aromatic rings. The lowest BCUT2D eigenvalue weighted by molar-refractivity contribution is -0.146. The molecule has 2 atom stereocenters. The standard InChI is InChI=1S/C22H19N3O6/c26-19-22(10-13-3-1-2-4-15(13)24-7-8-29-11-18(22)24)20(27)25(21(28)23-19)14-5-6-16-17(9-14)31-12-30-16/h1-6,9,18H,7-8,10-12H2,(H,23,26,28)/t18-,22+/m1/s1. The molecular formula is C22H19N3O6. The molecule has 1 spiro atoms. The maximum atomic E-state index is 14.0. The number of hydrogen-bond acceptors (Lipinski definition) is 7. The molecule has 2 fully saturated rings. The Bertz CT molecular complexity index is 1130. The lowest BCUT2D eigenvalue weighted by Crippen LogP contribution is -2.74. The minimum absolute atomic E-state index is 0.0759. The van der Waals surface area contributed by atoms with Crippen LogP contribution in [0, 0.1) is 5.41 Å². The third-order valence-electron chi connectivity index (χ3n) is 6.50. The lowest BCUT2D eigenvalue weighted by atomic mass is 9.68. The molecule has 0 aliphatic carbocycles. The largest absolute Gasteiger partial charge is 0.454 e. The maximum Gasteiger partial charge on any atom is 0.335 e. The van der Waals surface area contributed by atoms with E-state index in [9.17, 15) is 14.4 Å². The van der Waals surface area contributed by atoms with Crippen LogP contribution in [0.25, 0.3) is 0 Å². The Labute approximate surface area is 177 Å². The molecule has 0 aromatic heterocycles. The van der Waals surface area contributed by atoms with Crippen molar-refractivity contribution in [1.82, 2.24) is 5.32 Å². The van der Waals surface area contributed by atoms with E-state index < -0.39 is 29.3 Å². The molecule has 6 rings (SSSR count). The van der Waals surface area contributed by atoms with Crippen molar-refractivity contribution in [2.75, 3.05) is 36.4 Å². The van der Waals surface area contributed by atoms with Gasteiger partial charge in [0, 0.05) is 18.3 Å². The van der Waals surface area contributed by atoms with Gasteiger partial charge in [0.25, 0.3) is 5.91 Å². The summed E-state index contributed by atoms with van der Waals surface area (Å²) < 4.78 is 16.4. The number of para-hydroxylation sites is 1. The molecule has 0 saturated carbocycles. The minimum atomic E-state index is -1.49. The Kier molecular flexibility index (Phi) is 3.79. The van der Waals surface area contributed by atoms with Gasteiger partial charge in [-0.1, -0.05) is 18.2 Å². The van der Waals surface area contributed by atoms with Crippen LogP contribution in [0.3, 0.4) is 0 Å². The fourth-order valence-corrected chi connectivity index (χ4v) is 5.02. The summed E-state index contributed by atoms with van der Waals surface area (Å²) in [6.45, 7) is 1.35. The zero-order valence-corrected chi connectivity index (χ0v) is 16.5. The molecule has 31 heavy (non-hydrogen) atoms. The van der Waals surface area contributed by atoms with Crippen LogP contribution < -0.4 is 24.6 Å². The summed E-state index contributed by atoms with van der Waals surface area (Å²) in [6.07, 6.45) is 0.187. The first-order valence-electron chi connectivity index (χ1n) is 10.1. The Morgan fingerprint density at radius 3 is 2.77 bits per heavy atom. The van der Waals surface area contributed by atoms with E-state index in [1.807, 2.05) is 24.3 Å². The molecule has 1 N–H and O–H groups in total. The number of carbonyl (C=O) groups excluding carboxylic acids is 3. The molecule has 0 radical (unpaired) electrons. The Morgan fingerprint density at radius 2 is 1.87 bits per heavy atom. The lowest BCUT2D eigenvalue weighted by Gasteiger charge is -2.53. The average Bonchev–Trinajstić information content (AvgIpc) is 3.26. The second-order valence-electron chi connectivity index (χ2n) is 8.00. The van der Waals surface area contributed by atoms with Crippen LogP contribution in [0.15, 0.2) is 42.5 Å². The van der Waals surface area contributed by atoms with E-state index in [1.165, 1.54) is 0 Å². The van der Waals surface area contributed by atoms with Crippen molar-refractivity contribution in [3.05, 3.63) is 48.0 Å². The summed E-state index contributed by atoms with van der Waals surface area (Å²) in [5, 5.41) is 2.42. The molecule has 2 saturated heterocycles. The van der Waals surface area contributed by atoms with Crippen molar-refractivity contribution in [3.63, 3.8) is 0 Å². The molecule has 4 aliphatic heterocycles. The smallest absolute Gasteiger partial charge is 0.335 e. The van der Waals surface area contributed by atoms with Crippen molar-refractivity contribution in [3.8, 4) is 11.5 Å². The predicted molar refractivity (Wildman–Crippen MR) is 108 cm³/mol. The van der Waals surface area contributed by atoms with E-state index in [1.54, 1.807) is 18.2 Å². The van der Waals surface area contributed by atoms with Crippen LogP contribution >= 0.6 is 0 Å². The van der Waals surface area contributed by atoms with Crippen LogP contribution in [0.5, 0.6) is 11.5 Å². The zero-order chi connectivity index (χ0) is 21.2. The third-order valence-corrected chi connectivity index (χ3v) is 6.50. The number of carbonyl (C=O) groups is 3. The van der Waals surface area contributed by atoms with E-state index in [4.69, 9.17) is 14.2 Å². The first-order valence-corrected chi connectivity index (χ1v) is 10.1. The third kappa shape index (κ3) is 2.43. The predicted octanol–water partition coefficient (Wildman–Crippen LogP) is 1.45. The summed E-state index contributed by atoms with van der Waals surface area (Å²) >= 11 is 0. The summed E-state index contributed by atoms with van der Waals surface area (Å²) in [6, 6.07) is 11.3. The van der Waals surface area contributed by atoms with Gasteiger partial charge in [-0.15, -0.1) is 0 Å². The van der Waals surface area contributed by atoms with Crippen LogP contribution in [0.2, 0.25) is 0 Å². The summed E-state index contributed by atoms with van der Waals surface area (Å²) in [7, 11) is 0. The van der Waals surface area contributed by atoms with Gasteiger partial charge in [0.2, 0.25) is 12.7 Å². The van der Waals surface area contributed by atoms with E-state index in [0.717, 1.165) is 16.2 Å². The SMILES string of the molecule is O=C1NC(=O)[C@@]2(Cc3ccccc3N3CCOC[C@@H]32)C(=O)N1c1ccc2c(c1)OCO2. The Balaban J connectivity index is 1.48. The van der Waals surface area contributed by atoms with E-state index in [-0.39, 0.29) is 19.8 Å². The summed E-state index contributed by atoms with van der Waals surface area (Å²) in [5.74, 6) is -0.164. The second kappa shape index (κ2) is 6.45. The molecule has 4 heterocycles. The van der Waals surface area contributed by atoms with E-state index in [0.29, 0.717) is 30.3 Å². The topological polar surface area (TPSA) is 97.4 Å². The van der Waals surface area contributed by atoms with Gasteiger partial charge in [0.1, 0.15) is 0 Å². The molecule has 158 valence electrons. The second-order valence-corrected chi connectivity index (χ2v) is 8.00. The average molecular weight is 421 g/mol. The highest BCUT2D eigenvalue weighted by Crippen LogP contribution is 2.46. The zero-order valence-electron chi connectivity index (χ0n) is 16.5. The van der Waals surface area contributed by atoms with Gasteiger partial charge in [-0.25, -0.2) is 9.69 Å². The van der Waals surface area contributed by atoms with Crippen molar-refractivity contribution in [1.29, 1.82) is 0 Å². The van der Waals surface area contributed by atoms with Gasteiger partial charge in [-0.05, 0) is 30.2 Å². The number of nitrogens with zero attached hydrogens (tertiary/aromatic N) is 2. The number of anilines is 2. The number of ether oxygens (including phenoxy) is 3. The molecule has 0 unspecified atom stereocenters. The number of imide groups is 2. The van der Waals surface area contributed by atoms with Gasteiger partial charge in [-0.2, -0.15) is 0 Å². The van der Waals surface area contributed by atoms with Crippen molar-refractivity contribution < 1.29 is 28.6 Å². The monoisotopic (exact) mass is 421 g/mol. The normalized spacial score (nSPS) is 26.6. The van der Waals surface area contributed by atoms with Crippen LogP contribution in [-0.4, -0.2) is 50.4 Å². The van der Waals surface area contributed by atoms with Gasteiger partial charge in [-0.3, -0.25) is 14.9 Å². The van der Waals surface area contributed by atoms with E-state index >= 15 is 0 Å². The number of urea groups is 1. The number of rotatable bonds is 1. The highest BCUT2D eigenvalue weighted by molar-refractivity contribution is 6.30. The van der Waals surface area contributed by atoms with Gasteiger partial charge < -0.3 is 19.1 Å². The molecule has 9 nitrogen and oxygen atoms in total. The molecule has 2 aromatic carbocycles. The number of morpholine rings is 1. The number of fused-ring (bicyclic) bond motifs is 5. The fraction of sp³-hybridized carbons (Fsp3) is 0.318. The minimum Gasteiger partial charge on any atom is -0.454 e. The van der Waals surface area contributed by atoms with Crippen molar-refractivity contribution in [2.24, 2.45) is 5.41 Å². The number of amides is 4. The molecular weight excluding hydrogens is 402 g/mol. The molecule has 9 heteroatoms. The van der Waals surface area contributed by atoms with Crippen molar-refractivity contribution >= 4 is 29.2 Å². The highest BCUT2D eigenvalue weighted by Gasteiger charge is 2.62. The number of nitrogens with one attached hydrogen (secondary N) is 1. The summed E-state index contributed by atoms with van der Waals surface area (Å²) in [5.41, 5.74) is 0.720. The van der Waals surface area contributed by atoms with Crippen LogP contribution in [0.4, 0.5) is 16.2 Å². The first kappa shape index (κ1) is 18.2.